The van der Waals surface area contributed by atoms with E-state index in [1.54, 1.807) is 0 Å². The largest absolute Gasteiger partial charge is 0.295 e. The van der Waals surface area contributed by atoms with E-state index >= 15 is 0 Å². The van der Waals surface area contributed by atoms with Gasteiger partial charge in [-0.15, -0.1) is 6.58 Å². The smallest absolute Gasteiger partial charge is 0.152 e. The third-order valence-corrected chi connectivity index (χ3v) is 1.51. The van der Waals surface area contributed by atoms with Crippen molar-refractivity contribution in [1.29, 1.82) is 0 Å². The van der Waals surface area contributed by atoms with Crippen molar-refractivity contribution in [3.05, 3.63) is 61.2 Å². The van der Waals surface area contributed by atoms with Crippen LogP contribution in [0, 0.1) is 0 Å². The summed E-state index contributed by atoms with van der Waals surface area (Å²) < 4.78 is 0. The van der Waals surface area contributed by atoms with Gasteiger partial charge in [0.2, 0.25) is 0 Å². The van der Waals surface area contributed by atoms with E-state index in [4.69, 9.17) is 0 Å². The van der Waals surface area contributed by atoms with Gasteiger partial charge in [0.15, 0.2) is 5.78 Å². The zero-order valence-electron chi connectivity index (χ0n) is 8.57. The minimum atomic E-state index is 0.0185. The van der Waals surface area contributed by atoms with Crippen molar-refractivity contribution in [2.45, 2.75) is 13.3 Å². The molecule has 0 fully saturated rings. The molecule has 1 heteroatoms. The molecule has 1 aromatic rings. The van der Waals surface area contributed by atoms with Crippen LogP contribution in [0.5, 0.6) is 0 Å². The Morgan fingerprint density at radius 3 is 2.14 bits per heavy atom. The van der Waals surface area contributed by atoms with E-state index in [1.165, 1.54) is 18.6 Å². The highest BCUT2D eigenvalue weighted by Gasteiger charge is 1.82. The molecule has 0 amide bonds. The minimum absolute atomic E-state index is 0.0185. The van der Waals surface area contributed by atoms with Crippen LogP contribution < -0.4 is 0 Å². The number of carbonyl (C=O) groups excluding carboxylic acids is 1. The molecule has 0 bridgehead atoms. The molecule has 74 valence electrons. The Kier molecular flexibility index (Phi) is 7.06. The lowest BCUT2D eigenvalue weighted by atomic mass is 10.2. The Balaban J connectivity index is 0.000000292. The summed E-state index contributed by atoms with van der Waals surface area (Å²) in [6.07, 6.45) is 4.16. The average Bonchev–Trinajstić information content (AvgIpc) is 2.21. The van der Waals surface area contributed by atoms with Crippen molar-refractivity contribution in [1.82, 2.24) is 0 Å². The van der Waals surface area contributed by atoms with Gasteiger partial charge in [-0.25, -0.2) is 0 Å². The quantitative estimate of drug-likeness (QED) is 0.526. The highest BCUT2D eigenvalue weighted by atomic mass is 16.1. The van der Waals surface area contributed by atoms with Gasteiger partial charge in [-0.1, -0.05) is 43.0 Å². The van der Waals surface area contributed by atoms with E-state index in [0.717, 1.165) is 6.42 Å². The number of benzene rings is 1. The molecular formula is C13H16O. The van der Waals surface area contributed by atoms with Crippen LogP contribution in [-0.4, -0.2) is 5.78 Å². The van der Waals surface area contributed by atoms with Crippen molar-refractivity contribution in [2.24, 2.45) is 0 Å². The summed E-state index contributed by atoms with van der Waals surface area (Å²) in [6, 6.07) is 10.3. The summed E-state index contributed by atoms with van der Waals surface area (Å²) >= 11 is 0. The van der Waals surface area contributed by atoms with E-state index in [-0.39, 0.29) is 5.78 Å². The van der Waals surface area contributed by atoms with Gasteiger partial charge in [0.25, 0.3) is 0 Å². The first-order valence-corrected chi connectivity index (χ1v) is 4.48. The molecule has 0 N–H and O–H groups in total. The predicted molar refractivity (Wildman–Crippen MR) is 61.2 cm³/mol. The Morgan fingerprint density at radius 2 is 1.79 bits per heavy atom. The highest BCUT2D eigenvalue weighted by molar-refractivity contribution is 5.86. The van der Waals surface area contributed by atoms with Gasteiger partial charge in [0.1, 0.15) is 0 Å². The van der Waals surface area contributed by atoms with Crippen LogP contribution in [0.15, 0.2) is 55.6 Å². The number of carbonyl (C=O) groups is 1. The maximum atomic E-state index is 9.69. The zero-order valence-corrected chi connectivity index (χ0v) is 8.57. The first kappa shape index (κ1) is 12.4. The summed E-state index contributed by atoms with van der Waals surface area (Å²) in [5, 5.41) is 0. The second-order valence-electron chi connectivity index (χ2n) is 2.79. The molecule has 0 saturated carbocycles. The van der Waals surface area contributed by atoms with Crippen molar-refractivity contribution in [2.75, 3.05) is 0 Å². The monoisotopic (exact) mass is 188 g/mol. The summed E-state index contributed by atoms with van der Waals surface area (Å²) in [5.41, 5.74) is 1.33. The van der Waals surface area contributed by atoms with E-state index < -0.39 is 0 Å². The average molecular weight is 188 g/mol. The van der Waals surface area contributed by atoms with Gasteiger partial charge >= 0.3 is 0 Å². The number of hydrogen-bond donors (Lipinski definition) is 0. The number of allylic oxidation sites excluding steroid dienone is 2. The van der Waals surface area contributed by atoms with Crippen molar-refractivity contribution >= 4 is 5.78 Å². The standard InChI is InChI=1S/C9H10.C4H6O/c1-2-6-9-7-4-3-5-8-9;1-3-4(2)5/h2-5,7-8H,1,6H2;3H,1H2,2H3. The maximum absolute atomic E-state index is 9.69. The highest BCUT2D eigenvalue weighted by Crippen LogP contribution is 1.98. The fourth-order valence-corrected chi connectivity index (χ4v) is 0.781. The Labute approximate surface area is 85.8 Å². The molecular weight excluding hydrogens is 172 g/mol. The van der Waals surface area contributed by atoms with Crippen LogP contribution in [0.25, 0.3) is 0 Å². The van der Waals surface area contributed by atoms with Gasteiger partial charge in [-0.05, 0) is 25.0 Å². The van der Waals surface area contributed by atoms with Gasteiger partial charge in [-0.3, -0.25) is 4.79 Å². The fourth-order valence-electron chi connectivity index (χ4n) is 0.781. The molecule has 0 aliphatic carbocycles. The van der Waals surface area contributed by atoms with Gasteiger partial charge in [0, 0.05) is 0 Å². The van der Waals surface area contributed by atoms with E-state index in [2.05, 4.69) is 25.3 Å². The lowest BCUT2D eigenvalue weighted by molar-refractivity contribution is -0.112. The third-order valence-electron chi connectivity index (χ3n) is 1.51. The molecule has 0 saturated heterocycles. The van der Waals surface area contributed by atoms with Crippen LogP contribution in [0.4, 0.5) is 0 Å². The number of ketones is 1. The van der Waals surface area contributed by atoms with Gasteiger partial charge < -0.3 is 0 Å². The molecule has 1 nitrogen and oxygen atoms in total. The SMILES string of the molecule is C=CC(C)=O.C=CCc1ccccc1. The van der Waals surface area contributed by atoms with E-state index in [1.807, 2.05) is 24.3 Å². The van der Waals surface area contributed by atoms with Crippen LogP contribution in [0.2, 0.25) is 0 Å². The van der Waals surface area contributed by atoms with E-state index in [0.29, 0.717) is 0 Å². The Morgan fingerprint density at radius 1 is 1.29 bits per heavy atom. The Hall–Kier alpha value is -1.63. The molecule has 14 heavy (non-hydrogen) atoms. The Bertz CT molecular complexity index is 285. The molecule has 1 rings (SSSR count). The molecule has 0 radical (unpaired) electrons. The van der Waals surface area contributed by atoms with Gasteiger partial charge in [-0.2, -0.15) is 0 Å². The first-order valence-electron chi connectivity index (χ1n) is 4.48. The van der Waals surface area contributed by atoms with Crippen LogP contribution in [0.1, 0.15) is 12.5 Å². The zero-order chi connectivity index (χ0) is 10.8. The molecule has 0 spiro atoms. The topological polar surface area (TPSA) is 17.1 Å². The van der Waals surface area contributed by atoms with E-state index in [9.17, 15) is 4.79 Å². The van der Waals surface area contributed by atoms with Gasteiger partial charge in [0.05, 0.1) is 0 Å². The first-order chi connectivity index (χ1) is 6.70. The van der Waals surface area contributed by atoms with Crippen molar-refractivity contribution in [3.63, 3.8) is 0 Å². The second-order valence-corrected chi connectivity index (χ2v) is 2.79. The normalized spacial score (nSPS) is 8.07. The van der Waals surface area contributed by atoms with Crippen molar-refractivity contribution < 1.29 is 4.79 Å². The lowest BCUT2D eigenvalue weighted by Crippen LogP contribution is -1.75. The summed E-state index contributed by atoms with van der Waals surface area (Å²) in [6.45, 7) is 8.33. The molecule has 0 heterocycles. The van der Waals surface area contributed by atoms with Crippen LogP contribution in [-0.2, 0) is 11.2 Å². The van der Waals surface area contributed by atoms with Crippen LogP contribution in [0.3, 0.4) is 0 Å². The fraction of sp³-hybridized carbons (Fsp3) is 0.154. The van der Waals surface area contributed by atoms with Crippen LogP contribution >= 0.6 is 0 Å². The molecule has 0 aliphatic rings. The predicted octanol–water partition coefficient (Wildman–Crippen LogP) is 3.18. The number of hydrogen-bond acceptors (Lipinski definition) is 1. The molecule has 0 unspecified atom stereocenters. The lowest BCUT2D eigenvalue weighted by Gasteiger charge is -1.91. The summed E-state index contributed by atoms with van der Waals surface area (Å²) in [5.74, 6) is 0.0185. The third kappa shape index (κ3) is 7.04. The summed E-state index contributed by atoms with van der Waals surface area (Å²) in [7, 11) is 0. The number of rotatable bonds is 3. The van der Waals surface area contributed by atoms with Crippen molar-refractivity contribution in [3.8, 4) is 0 Å². The molecule has 1 aromatic carbocycles. The molecule has 0 aromatic heterocycles. The second kappa shape index (κ2) is 7.99. The maximum Gasteiger partial charge on any atom is 0.152 e. The summed E-state index contributed by atoms with van der Waals surface area (Å²) in [4.78, 5) is 9.69. The molecule has 0 atom stereocenters. The molecule has 0 aliphatic heterocycles. The minimum Gasteiger partial charge on any atom is -0.295 e.